The summed E-state index contributed by atoms with van der Waals surface area (Å²) < 4.78 is 31.1. The molecule has 2 aromatic rings. The van der Waals surface area contributed by atoms with Crippen LogP contribution in [0.3, 0.4) is 0 Å². The number of aliphatic imine (C=N–C) groups is 1. The number of guanidine groups is 1. The second-order valence-corrected chi connectivity index (χ2v) is 8.66. The molecule has 2 N–H and O–H groups in total. The minimum absolute atomic E-state index is 0. The fourth-order valence-electron chi connectivity index (χ4n) is 3.12. The lowest BCUT2D eigenvalue weighted by Crippen LogP contribution is -2.45. The SMILES string of the molecule is CN=C(NCCCSc1nccs1)NC1CCN(c2ccccc2OC(F)F)C1.I. The van der Waals surface area contributed by atoms with Gasteiger partial charge in [-0.15, -0.1) is 35.3 Å². The minimum Gasteiger partial charge on any atom is -0.433 e. The molecule has 1 aromatic carbocycles. The van der Waals surface area contributed by atoms with E-state index >= 15 is 0 Å². The van der Waals surface area contributed by atoms with E-state index in [-0.39, 0.29) is 35.8 Å². The van der Waals surface area contributed by atoms with Crippen LogP contribution in [0.5, 0.6) is 5.75 Å². The van der Waals surface area contributed by atoms with Crippen molar-refractivity contribution in [2.24, 2.45) is 4.99 Å². The zero-order chi connectivity index (χ0) is 20.5. The Hall–Kier alpha value is -1.34. The monoisotopic (exact) mass is 569 g/mol. The number of aromatic nitrogens is 1. The molecule has 6 nitrogen and oxygen atoms in total. The van der Waals surface area contributed by atoms with Crippen molar-refractivity contribution in [3.8, 4) is 5.75 Å². The van der Waals surface area contributed by atoms with Crippen LogP contribution in [-0.2, 0) is 0 Å². The number of para-hydroxylation sites is 2. The highest BCUT2D eigenvalue weighted by molar-refractivity contribution is 14.0. The van der Waals surface area contributed by atoms with E-state index in [1.807, 2.05) is 23.7 Å². The van der Waals surface area contributed by atoms with Crippen LogP contribution in [0.2, 0.25) is 0 Å². The Morgan fingerprint density at radius 1 is 1.43 bits per heavy atom. The van der Waals surface area contributed by atoms with Crippen LogP contribution in [0.4, 0.5) is 14.5 Å². The molecule has 0 saturated carbocycles. The first-order chi connectivity index (χ1) is 14.2. The van der Waals surface area contributed by atoms with Crippen molar-refractivity contribution in [3.63, 3.8) is 0 Å². The van der Waals surface area contributed by atoms with E-state index in [1.165, 1.54) is 0 Å². The molecule has 30 heavy (non-hydrogen) atoms. The van der Waals surface area contributed by atoms with Gasteiger partial charge in [0, 0.05) is 50.1 Å². The van der Waals surface area contributed by atoms with Gasteiger partial charge in [0.1, 0.15) is 10.1 Å². The molecule has 0 radical (unpaired) electrons. The Balaban J connectivity index is 0.00000320. The maximum Gasteiger partial charge on any atom is 0.387 e. The van der Waals surface area contributed by atoms with Gasteiger partial charge >= 0.3 is 6.61 Å². The Kier molecular flexibility index (Phi) is 10.9. The number of hydrogen-bond acceptors (Lipinski definition) is 6. The zero-order valence-corrected chi connectivity index (χ0v) is 20.6. The molecular formula is C19H26F2IN5OS2. The third-order valence-electron chi connectivity index (χ3n) is 4.42. The van der Waals surface area contributed by atoms with E-state index in [1.54, 1.807) is 42.3 Å². The molecule has 166 valence electrons. The van der Waals surface area contributed by atoms with Crippen LogP contribution >= 0.6 is 47.1 Å². The molecule has 2 heterocycles. The average Bonchev–Trinajstić information content (AvgIpc) is 3.39. The fourth-order valence-corrected chi connectivity index (χ4v) is 4.77. The number of nitrogens with one attached hydrogen (secondary N) is 2. The molecule has 0 bridgehead atoms. The number of thioether (sulfide) groups is 1. The van der Waals surface area contributed by atoms with Crippen molar-refractivity contribution in [2.45, 2.75) is 29.8 Å². The standard InChI is InChI=1S/C19H25F2N5OS2.HI/c1-22-18(23-8-4-11-28-19-24-9-12-29-19)25-14-7-10-26(13-14)15-5-2-3-6-16(15)27-17(20)21;/h2-3,5-6,9,12,14,17H,4,7-8,10-11,13H2,1H3,(H2,22,23,25);1H. The Morgan fingerprint density at radius 2 is 2.27 bits per heavy atom. The molecule has 1 aliphatic rings. The summed E-state index contributed by atoms with van der Waals surface area (Å²) in [7, 11) is 1.75. The lowest BCUT2D eigenvalue weighted by molar-refractivity contribution is -0.0495. The first kappa shape index (κ1) is 24.9. The molecule has 1 atom stereocenters. The third-order valence-corrected chi connectivity index (χ3v) is 6.48. The first-order valence-electron chi connectivity index (χ1n) is 9.44. The summed E-state index contributed by atoms with van der Waals surface area (Å²) in [6, 6.07) is 7.11. The molecular weight excluding hydrogens is 543 g/mol. The summed E-state index contributed by atoms with van der Waals surface area (Å²) in [6.45, 7) is -0.545. The molecule has 1 aromatic heterocycles. The van der Waals surface area contributed by atoms with E-state index in [2.05, 4.69) is 30.2 Å². The van der Waals surface area contributed by atoms with Gasteiger partial charge in [-0.05, 0) is 25.0 Å². The summed E-state index contributed by atoms with van der Waals surface area (Å²) >= 11 is 3.41. The van der Waals surface area contributed by atoms with Gasteiger partial charge in [0.05, 0.1) is 5.69 Å². The van der Waals surface area contributed by atoms with Crippen LogP contribution in [0.1, 0.15) is 12.8 Å². The molecule has 0 amide bonds. The molecule has 1 saturated heterocycles. The van der Waals surface area contributed by atoms with E-state index in [4.69, 9.17) is 0 Å². The van der Waals surface area contributed by atoms with Gasteiger partial charge in [-0.25, -0.2) is 4.98 Å². The first-order valence-corrected chi connectivity index (χ1v) is 11.3. The van der Waals surface area contributed by atoms with Gasteiger partial charge in [0.25, 0.3) is 0 Å². The van der Waals surface area contributed by atoms with Crippen LogP contribution in [0, 0.1) is 0 Å². The number of ether oxygens (including phenoxy) is 1. The Bertz CT molecular complexity index is 782. The number of thiazole rings is 1. The maximum absolute atomic E-state index is 12.7. The van der Waals surface area contributed by atoms with Gasteiger partial charge in [-0.3, -0.25) is 4.99 Å². The predicted octanol–water partition coefficient (Wildman–Crippen LogP) is 4.29. The van der Waals surface area contributed by atoms with Crippen LogP contribution in [0.15, 0.2) is 45.2 Å². The summed E-state index contributed by atoms with van der Waals surface area (Å²) in [5.41, 5.74) is 0.694. The number of rotatable bonds is 9. The summed E-state index contributed by atoms with van der Waals surface area (Å²) in [6.07, 6.45) is 3.71. The summed E-state index contributed by atoms with van der Waals surface area (Å²) in [4.78, 5) is 10.6. The number of nitrogens with zero attached hydrogens (tertiary/aromatic N) is 3. The van der Waals surface area contributed by atoms with Crippen LogP contribution < -0.4 is 20.3 Å². The van der Waals surface area contributed by atoms with Crippen molar-refractivity contribution >= 4 is 58.7 Å². The molecule has 1 fully saturated rings. The predicted molar refractivity (Wildman–Crippen MR) is 131 cm³/mol. The molecule has 1 unspecified atom stereocenters. The largest absolute Gasteiger partial charge is 0.433 e. The topological polar surface area (TPSA) is 61.8 Å². The molecule has 0 aliphatic carbocycles. The Morgan fingerprint density at radius 3 is 3.00 bits per heavy atom. The van der Waals surface area contributed by atoms with Crippen molar-refractivity contribution in [1.29, 1.82) is 0 Å². The number of halogens is 3. The average molecular weight is 569 g/mol. The highest BCUT2D eigenvalue weighted by Crippen LogP contribution is 2.31. The number of alkyl halides is 2. The van der Waals surface area contributed by atoms with Crippen molar-refractivity contribution in [2.75, 3.05) is 37.3 Å². The lowest BCUT2D eigenvalue weighted by Gasteiger charge is -2.22. The normalized spacial score (nSPS) is 16.5. The molecule has 1 aliphatic heterocycles. The van der Waals surface area contributed by atoms with E-state index in [9.17, 15) is 8.78 Å². The number of benzene rings is 1. The van der Waals surface area contributed by atoms with Crippen LogP contribution in [-0.4, -0.2) is 56.0 Å². The minimum atomic E-state index is -2.83. The lowest BCUT2D eigenvalue weighted by atomic mass is 10.2. The second kappa shape index (κ2) is 13.2. The van der Waals surface area contributed by atoms with Gasteiger partial charge < -0.3 is 20.3 Å². The van der Waals surface area contributed by atoms with Gasteiger partial charge in [-0.2, -0.15) is 8.78 Å². The number of anilines is 1. The molecule has 11 heteroatoms. The van der Waals surface area contributed by atoms with E-state index in [0.717, 1.165) is 42.0 Å². The van der Waals surface area contributed by atoms with Gasteiger partial charge in [0.2, 0.25) is 0 Å². The fraction of sp³-hybridized carbons (Fsp3) is 0.474. The maximum atomic E-state index is 12.7. The summed E-state index contributed by atoms with van der Waals surface area (Å²) in [5.74, 6) is 1.96. The Labute approximate surface area is 200 Å². The quantitative estimate of drug-likeness (QED) is 0.155. The van der Waals surface area contributed by atoms with Crippen LogP contribution in [0.25, 0.3) is 0 Å². The highest BCUT2D eigenvalue weighted by atomic mass is 127. The van der Waals surface area contributed by atoms with Crippen molar-refractivity contribution < 1.29 is 13.5 Å². The smallest absolute Gasteiger partial charge is 0.387 e. The third kappa shape index (κ3) is 7.73. The highest BCUT2D eigenvalue weighted by Gasteiger charge is 2.25. The molecule has 3 rings (SSSR count). The number of hydrogen-bond donors (Lipinski definition) is 2. The second-order valence-electron chi connectivity index (χ2n) is 6.42. The van der Waals surface area contributed by atoms with Crippen molar-refractivity contribution in [1.82, 2.24) is 15.6 Å². The zero-order valence-electron chi connectivity index (χ0n) is 16.6. The van der Waals surface area contributed by atoms with Gasteiger partial charge in [-0.1, -0.05) is 23.9 Å². The van der Waals surface area contributed by atoms with E-state index in [0.29, 0.717) is 12.2 Å². The molecule has 0 spiro atoms. The van der Waals surface area contributed by atoms with Crippen molar-refractivity contribution in [3.05, 3.63) is 35.8 Å². The van der Waals surface area contributed by atoms with E-state index < -0.39 is 6.61 Å². The van der Waals surface area contributed by atoms with Gasteiger partial charge in [0.15, 0.2) is 5.96 Å². The summed E-state index contributed by atoms with van der Waals surface area (Å²) in [5, 5.41) is 8.74.